The van der Waals surface area contributed by atoms with Gasteiger partial charge in [0.2, 0.25) is 0 Å². The Morgan fingerprint density at radius 2 is 2.20 bits per heavy atom. The molecule has 1 fully saturated rings. The quantitative estimate of drug-likeness (QED) is 0.374. The number of allylic oxidation sites excluding steroid dienone is 2. The van der Waals surface area contributed by atoms with Gasteiger partial charge in [-0.05, 0) is 31.1 Å². The lowest BCUT2D eigenvalue weighted by Gasteiger charge is -1.99. The van der Waals surface area contributed by atoms with E-state index in [1.807, 2.05) is 0 Å². The van der Waals surface area contributed by atoms with E-state index in [0.717, 1.165) is 11.8 Å². The topological polar surface area (TPSA) is 0 Å². The Hall–Kier alpha value is 0.0300. The van der Waals surface area contributed by atoms with Crippen LogP contribution < -0.4 is 0 Å². The predicted octanol–water partition coefficient (Wildman–Crippen LogP) is 2.97. The molecule has 3 atom stereocenters. The van der Waals surface area contributed by atoms with Crippen LogP contribution in [0.25, 0.3) is 0 Å². The maximum absolute atomic E-state index is 6.05. The third-order valence-corrected chi connectivity index (χ3v) is 3.26. The van der Waals surface area contributed by atoms with Crippen molar-refractivity contribution < 1.29 is 0 Å². The largest absolute Gasteiger partial charge is 0.122 e. The van der Waals surface area contributed by atoms with E-state index >= 15 is 0 Å². The SMILES string of the molecule is Cl[C@@H]1[C@@H]2/C=C\CCCC[C@H]12. The molecule has 0 bridgehead atoms. The van der Waals surface area contributed by atoms with Crippen LogP contribution in [0.3, 0.4) is 0 Å². The van der Waals surface area contributed by atoms with Gasteiger partial charge in [0.25, 0.3) is 0 Å². The molecule has 1 saturated carbocycles. The minimum Gasteiger partial charge on any atom is -0.122 e. The molecule has 2 aliphatic carbocycles. The molecule has 0 aliphatic heterocycles. The van der Waals surface area contributed by atoms with Gasteiger partial charge in [0, 0.05) is 5.38 Å². The molecule has 2 aliphatic rings. The van der Waals surface area contributed by atoms with Gasteiger partial charge in [0.15, 0.2) is 0 Å². The number of fused-ring (bicyclic) bond motifs is 1. The molecule has 0 saturated heterocycles. The fraction of sp³-hybridized carbons (Fsp3) is 0.778. The van der Waals surface area contributed by atoms with Crippen molar-refractivity contribution in [2.45, 2.75) is 31.1 Å². The van der Waals surface area contributed by atoms with Crippen molar-refractivity contribution in [3.05, 3.63) is 12.2 Å². The molecular weight excluding hydrogens is 144 g/mol. The Morgan fingerprint density at radius 1 is 1.30 bits per heavy atom. The Balaban J connectivity index is 1.99. The molecule has 56 valence electrons. The Labute approximate surface area is 67.3 Å². The number of alkyl halides is 1. The van der Waals surface area contributed by atoms with Crippen molar-refractivity contribution in [3.8, 4) is 0 Å². The van der Waals surface area contributed by atoms with Crippen molar-refractivity contribution in [2.24, 2.45) is 11.8 Å². The highest BCUT2D eigenvalue weighted by molar-refractivity contribution is 6.23. The van der Waals surface area contributed by atoms with Crippen LogP contribution in [0.15, 0.2) is 12.2 Å². The van der Waals surface area contributed by atoms with Gasteiger partial charge < -0.3 is 0 Å². The van der Waals surface area contributed by atoms with E-state index in [2.05, 4.69) is 12.2 Å². The standard InChI is InChI=1S/C9H13Cl/c10-9-7-5-3-1-2-4-6-8(7)9/h3,5,7-9H,1-2,4,6H2/b5-3-/t7-,8+,9-/m1/s1. The summed E-state index contributed by atoms with van der Waals surface area (Å²) in [5, 5.41) is 0.481. The molecule has 0 spiro atoms. The van der Waals surface area contributed by atoms with Gasteiger partial charge in [0.1, 0.15) is 0 Å². The monoisotopic (exact) mass is 156 g/mol. The summed E-state index contributed by atoms with van der Waals surface area (Å²) >= 11 is 6.05. The van der Waals surface area contributed by atoms with Gasteiger partial charge in [0.05, 0.1) is 0 Å². The molecule has 0 nitrogen and oxygen atoms in total. The summed E-state index contributed by atoms with van der Waals surface area (Å²) < 4.78 is 0. The van der Waals surface area contributed by atoms with Crippen molar-refractivity contribution in [1.29, 1.82) is 0 Å². The van der Waals surface area contributed by atoms with E-state index in [1.165, 1.54) is 25.7 Å². The summed E-state index contributed by atoms with van der Waals surface area (Å²) in [4.78, 5) is 0. The molecule has 2 rings (SSSR count). The summed E-state index contributed by atoms with van der Waals surface area (Å²) in [6.45, 7) is 0. The summed E-state index contributed by atoms with van der Waals surface area (Å²) in [7, 11) is 0. The third-order valence-electron chi connectivity index (χ3n) is 2.65. The molecule has 0 aromatic heterocycles. The van der Waals surface area contributed by atoms with E-state index in [-0.39, 0.29) is 0 Å². The second-order valence-electron chi connectivity index (χ2n) is 3.40. The van der Waals surface area contributed by atoms with Gasteiger partial charge in [-0.15, -0.1) is 11.6 Å². The lowest BCUT2D eigenvalue weighted by molar-refractivity contribution is 0.606. The van der Waals surface area contributed by atoms with Crippen LogP contribution in [0, 0.1) is 11.8 Å². The number of hydrogen-bond acceptors (Lipinski definition) is 0. The number of rotatable bonds is 0. The maximum Gasteiger partial charge on any atom is 0.0436 e. The summed E-state index contributed by atoms with van der Waals surface area (Å²) in [5.41, 5.74) is 0. The predicted molar refractivity (Wildman–Crippen MR) is 44.2 cm³/mol. The molecule has 0 unspecified atom stereocenters. The molecule has 1 heteroatoms. The van der Waals surface area contributed by atoms with Crippen molar-refractivity contribution in [2.75, 3.05) is 0 Å². The van der Waals surface area contributed by atoms with Crippen molar-refractivity contribution in [1.82, 2.24) is 0 Å². The highest BCUT2D eigenvalue weighted by Crippen LogP contribution is 2.48. The molecule has 0 heterocycles. The fourth-order valence-electron chi connectivity index (χ4n) is 1.85. The highest BCUT2D eigenvalue weighted by atomic mass is 35.5. The summed E-state index contributed by atoms with van der Waals surface area (Å²) in [5.74, 6) is 1.57. The van der Waals surface area contributed by atoms with E-state index in [1.54, 1.807) is 0 Å². The Morgan fingerprint density at radius 3 is 3.10 bits per heavy atom. The minimum absolute atomic E-state index is 0.481. The summed E-state index contributed by atoms with van der Waals surface area (Å²) in [6.07, 6.45) is 10.0. The lowest BCUT2D eigenvalue weighted by atomic mass is 10.1. The normalized spacial score (nSPS) is 48.7. The van der Waals surface area contributed by atoms with Crippen molar-refractivity contribution >= 4 is 11.6 Å². The minimum atomic E-state index is 0.481. The highest BCUT2D eigenvalue weighted by Gasteiger charge is 2.46. The van der Waals surface area contributed by atoms with Crippen LogP contribution in [0.2, 0.25) is 0 Å². The zero-order chi connectivity index (χ0) is 6.97. The average molecular weight is 157 g/mol. The third kappa shape index (κ3) is 1.10. The fourth-order valence-corrected chi connectivity index (χ4v) is 2.33. The number of halogens is 1. The van der Waals surface area contributed by atoms with Crippen LogP contribution in [0.5, 0.6) is 0 Å². The van der Waals surface area contributed by atoms with E-state index in [9.17, 15) is 0 Å². The molecule has 10 heavy (non-hydrogen) atoms. The lowest BCUT2D eigenvalue weighted by Crippen LogP contribution is -1.85. The van der Waals surface area contributed by atoms with Crippen LogP contribution in [0.4, 0.5) is 0 Å². The van der Waals surface area contributed by atoms with Gasteiger partial charge >= 0.3 is 0 Å². The Bertz CT molecular complexity index is 151. The molecule has 0 aromatic carbocycles. The zero-order valence-corrected chi connectivity index (χ0v) is 6.85. The molecule has 0 aromatic rings. The Kier molecular flexibility index (Phi) is 1.73. The molecule has 0 radical (unpaired) electrons. The first-order chi connectivity index (χ1) is 4.89. The van der Waals surface area contributed by atoms with Gasteiger partial charge in [-0.2, -0.15) is 0 Å². The second-order valence-corrected chi connectivity index (χ2v) is 3.90. The first kappa shape index (κ1) is 6.72. The second kappa shape index (κ2) is 2.58. The van der Waals surface area contributed by atoms with E-state index < -0.39 is 0 Å². The number of hydrogen-bond donors (Lipinski definition) is 0. The van der Waals surface area contributed by atoms with Crippen LogP contribution in [0.1, 0.15) is 25.7 Å². The molecular formula is C9H13Cl. The van der Waals surface area contributed by atoms with Gasteiger partial charge in [-0.25, -0.2) is 0 Å². The smallest absolute Gasteiger partial charge is 0.0436 e. The van der Waals surface area contributed by atoms with Gasteiger partial charge in [-0.1, -0.05) is 18.6 Å². The van der Waals surface area contributed by atoms with Crippen LogP contribution in [-0.2, 0) is 0 Å². The van der Waals surface area contributed by atoms with Gasteiger partial charge in [-0.3, -0.25) is 0 Å². The van der Waals surface area contributed by atoms with Crippen LogP contribution >= 0.6 is 11.6 Å². The summed E-state index contributed by atoms with van der Waals surface area (Å²) in [6, 6.07) is 0. The average Bonchev–Trinajstić information content (AvgIpc) is 2.39. The zero-order valence-electron chi connectivity index (χ0n) is 6.09. The van der Waals surface area contributed by atoms with E-state index in [4.69, 9.17) is 11.6 Å². The maximum atomic E-state index is 6.05. The molecule has 0 amide bonds. The molecule has 0 N–H and O–H groups in total. The first-order valence-electron chi connectivity index (χ1n) is 4.20. The van der Waals surface area contributed by atoms with E-state index in [0.29, 0.717) is 5.38 Å². The van der Waals surface area contributed by atoms with Crippen molar-refractivity contribution in [3.63, 3.8) is 0 Å². The first-order valence-corrected chi connectivity index (χ1v) is 4.64. The van der Waals surface area contributed by atoms with Crippen LogP contribution in [-0.4, -0.2) is 5.38 Å².